The van der Waals surface area contributed by atoms with Crippen LogP contribution in [0.15, 0.2) is 17.6 Å². The summed E-state index contributed by atoms with van der Waals surface area (Å²) in [5.41, 5.74) is 2.52. The first-order valence-electron chi connectivity index (χ1n) is 5.77. The van der Waals surface area contributed by atoms with E-state index in [-0.39, 0.29) is 0 Å². The molecule has 0 saturated carbocycles. The SMILES string of the molecule is CCn1cnnc1CNc1cc(NN)nc(SC)n1. The van der Waals surface area contributed by atoms with E-state index in [0.717, 1.165) is 12.4 Å². The Kier molecular flexibility index (Phi) is 4.53. The predicted octanol–water partition coefficient (Wildman–Crippen LogP) is 0.708. The zero-order valence-electron chi connectivity index (χ0n) is 10.8. The van der Waals surface area contributed by atoms with Gasteiger partial charge in [0.2, 0.25) is 0 Å². The summed E-state index contributed by atoms with van der Waals surface area (Å²) in [4.78, 5) is 8.53. The summed E-state index contributed by atoms with van der Waals surface area (Å²) in [6.07, 6.45) is 3.62. The molecule has 0 spiro atoms. The van der Waals surface area contributed by atoms with Crippen molar-refractivity contribution in [1.29, 1.82) is 0 Å². The van der Waals surface area contributed by atoms with E-state index in [0.29, 0.717) is 23.3 Å². The number of hydrogen-bond acceptors (Lipinski definition) is 8. The maximum Gasteiger partial charge on any atom is 0.191 e. The molecular formula is C10H16N8S. The topological polar surface area (TPSA) is 107 Å². The number of nitrogens with zero attached hydrogens (tertiary/aromatic N) is 5. The Labute approximate surface area is 115 Å². The third kappa shape index (κ3) is 3.32. The lowest BCUT2D eigenvalue weighted by molar-refractivity contribution is 0.706. The second-order valence-corrected chi connectivity index (χ2v) is 4.43. The third-order valence-electron chi connectivity index (χ3n) is 2.50. The van der Waals surface area contributed by atoms with Gasteiger partial charge < -0.3 is 15.3 Å². The van der Waals surface area contributed by atoms with Gasteiger partial charge in [-0.2, -0.15) is 0 Å². The summed E-state index contributed by atoms with van der Waals surface area (Å²) in [6.45, 7) is 3.42. The van der Waals surface area contributed by atoms with E-state index in [9.17, 15) is 0 Å². The van der Waals surface area contributed by atoms with Crippen molar-refractivity contribution in [3.8, 4) is 0 Å². The zero-order valence-corrected chi connectivity index (χ0v) is 11.6. The summed E-state index contributed by atoms with van der Waals surface area (Å²) in [6, 6.07) is 1.74. The van der Waals surface area contributed by atoms with Crippen LogP contribution in [0.2, 0.25) is 0 Å². The minimum Gasteiger partial charge on any atom is -0.363 e. The first-order valence-corrected chi connectivity index (χ1v) is 6.99. The molecule has 0 aromatic carbocycles. The fourth-order valence-electron chi connectivity index (χ4n) is 1.53. The molecule has 2 aromatic rings. The molecule has 0 aliphatic rings. The van der Waals surface area contributed by atoms with E-state index >= 15 is 0 Å². The molecule has 0 bridgehead atoms. The van der Waals surface area contributed by atoms with Gasteiger partial charge >= 0.3 is 0 Å². The van der Waals surface area contributed by atoms with Crippen molar-refractivity contribution in [2.24, 2.45) is 5.84 Å². The highest BCUT2D eigenvalue weighted by Gasteiger charge is 2.06. The lowest BCUT2D eigenvalue weighted by Gasteiger charge is -2.08. The molecule has 2 aromatic heterocycles. The zero-order chi connectivity index (χ0) is 13.7. The molecule has 0 radical (unpaired) electrons. The van der Waals surface area contributed by atoms with Crippen LogP contribution < -0.4 is 16.6 Å². The molecule has 0 aliphatic carbocycles. The number of aryl methyl sites for hydroxylation is 1. The molecule has 8 nitrogen and oxygen atoms in total. The van der Waals surface area contributed by atoms with Crippen LogP contribution in [0.3, 0.4) is 0 Å². The third-order valence-corrected chi connectivity index (χ3v) is 3.05. The maximum atomic E-state index is 5.37. The van der Waals surface area contributed by atoms with Crippen LogP contribution in [0.1, 0.15) is 12.7 Å². The fraction of sp³-hybridized carbons (Fsp3) is 0.400. The van der Waals surface area contributed by atoms with Crippen LogP contribution >= 0.6 is 11.8 Å². The van der Waals surface area contributed by atoms with Crippen LogP contribution in [-0.2, 0) is 13.1 Å². The normalized spacial score (nSPS) is 10.5. The summed E-state index contributed by atoms with van der Waals surface area (Å²) in [5, 5.41) is 11.8. The van der Waals surface area contributed by atoms with Crippen LogP contribution in [0.25, 0.3) is 0 Å². The Morgan fingerprint density at radius 1 is 1.37 bits per heavy atom. The number of nitrogen functional groups attached to an aromatic ring is 1. The molecule has 4 N–H and O–H groups in total. The van der Waals surface area contributed by atoms with Crippen molar-refractivity contribution in [2.45, 2.75) is 25.2 Å². The van der Waals surface area contributed by atoms with E-state index in [4.69, 9.17) is 5.84 Å². The van der Waals surface area contributed by atoms with E-state index in [1.165, 1.54) is 11.8 Å². The Balaban J connectivity index is 2.10. The van der Waals surface area contributed by atoms with Gasteiger partial charge in [-0.15, -0.1) is 10.2 Å². The molecular weight excluding hydrogens is 264 g/mol. The first-order chi connectivity index (χ1) is 9.26. The number of rotatable bonds is 6. The Morgan fingerprint density at radius 3 is 2.84 bits per heavy atom. The van der Waals surface area contributed by atoms with Gasteiger partial charge in [0.05, 0.1) is 6.54 Å². The van der Waals surface area contributed by atoms with Gasteiger partial charge in [-0.1, -0.05) is 11.8 Å². The molecule has 2 heterocycles. The lowest BCUT2D eigenvalue weighted by Crippen LogP contribution is -2.12. The van der Waals surface area contributed by atoms with Gasteiger partial charge in [0.15, 0.2) is 11.0 Å². The van der Waals surface area contributed by atoms with Gasteiger partial charge in [-0.25, -0.2) is 15.8 Å². The Bertz CT molecular complexity index is 518. The van der Waals surface area contributed by atoms with Crippen molar-refractivity contribution in [3.63, 3.8) is 0 Å². The molecule has 0 aliphatic heterocycles. The van der Waals surface area contributed by atoms with Crippen LogP contribution in [0, 0.1) is 0 Å². The quantitative estimate of drug-likeness (QED) is 0.307. The van der Waals surface area contributed by atoms with Crippen LogP contribution in [0.4, 0.5) is 11.6 Å². The maximum absolute atomic E-state index is 5.37. The van der Waals surface area contributed by atoms with Gasteiger partial charge in [-0.3, -0.25) is 0 Å². The van der Waals surface area contributed by atoms with Crippen molar-refractivity contribution in [3.05, 3.63) is 18.2 Å². The largest absolute Gasteiger partial charge is 0.363 e. The first kappa shape index (κ1) is 13.6. The minimum absolute atomic E-state index is 0.544. The highest BCUT2D eigenvalue weighted by Crippen LogP contribution is 2.16. The fourth-order valence-corrected chi connectivity index (χ4v) is 1.91. The van der Waals surface area contributed by atoms with E-state index in [1.807, 2.05) is 17.7 Å². The van der Waals surface area contributed by atoms with Crippen molar-refractivity contribution < 1.29 is 0 Å². The average molecular weight is 280 g/mol. The van der Waals surface area contributed by atoms with Gasteiger partial charge in [-0.05, 0) is 13.2 Å². The predicted molar refractivity (Wildman–Crippen MR) is 74.6 cm³/mol. The summed E-state index contributed by atoms with van der Waals surface area (Å²) in [5.74, 6) is 7.49. The number of nitrogens with one attached hydrogen (secondary N) is 2. The van der Waals surface area contributed by atoms with Crippen LogP contribution in [0.5, 0.6) is 0 Å². The minimum atomic E-state index is 0.544. The average Bonchev–Trinajstić information content (AvgIpc) is 2.92. The number of anilines is 2. The summed E-state index contributed by atoms with van der Waals surface area (Å²) in [7, 11) is 0. The number of thioether (sulfide) groups is 1. The Morgan fingerprint density at radius 2 is 2.16 bits per heavy atom. The van der Waals surface area contributed by atoms with Gasteiger partial charge in [0, 0.05) is 12.6 Å². The molecule has 0 amide bonds. The second-order valence-electron chi connectivity index (χ2n) is 3.66. The standard InChI is InChI=1S/C10H16N8S/c1-3-18-6-13-17-9(18)5-12-7-4-8(16-11)15-10(14-7)19-2/h4,6H,3,5,11H2,1-2H3,(H2,12,14,15,16). The van der Waals surface area contributed by atoms with Crippen molar-refractivity contribution in [2.75, 3.05) is 17.0 Å². The molecule has 0 atom stereocenters. The number of hydrogen-bond donors (Lipinski definition) is 3. The molecule has 102 valence electrons. The second kappa shape index (κ2) is 6.34. The molecule has 0 fully saturated rings. The van der Waals surface area contributed by atoms with E-state index in [1.54, 1.807) is 12.4 Å². The lowest BCUT2D eigenvalue weighted by atomic mass is 10.5. The summed E-state index contributed by atoms with van der Waals surface area (Å²) < 4.78 is 1.96. The van der Waals surface area contributed by atoms with E-state index < -0.39 is 0 Å². The summed E-state index contributed by atoms with van der Waals surface area (Å²) >= 11 is 1.45. The Hall–Kier alpha value is -1.87. The smallest absolute Gasteiger partial charge is 0.191 e. The number of nitrogens with two attached hydrogens (primary N) is 1. The number of aromatic nitrogens is 5. The van der Waals surface area contributed by atoms with E-state index in [2.05, 4.69) is 30.9 Å². The number of hydrazine groups is 1. The monoisotopic (exact) mass is 280 g/mol. The molecule has 0 saturated heterocycles. The van der Waals surface area contributed by atoms with Crippen molar-refractivity contribution >= 4 is 23.4 Å². The van der Waals surface area contributed by atoms with Crippen LogP contribution in [-0.4, -0.2) is 31.0 Å². The highest BCUT2D eigenvalue weighted by atomic mass is 32.2. The molecule has 9 heteroatoms. The molecule has 2 rings (SSSR count). The molecule has 19 heavy (non-hydrogen) atoms. The van der Waals surface area contributed by atoms with Gasteiger partial charge in [0.1, 0.15) is 18.0 Å². The van der Waals surface area contributed by atoms with Gasteiger partial charge in [0.25, 0.3) is 0 Å². The molecule has 0 unspecified atom stereocenters. The highest BCUT2D eigenvalue weighted by molar-refractivity contribution is 7.98. The van der Waals surface area contributed by atoms with Crippen molar-refractivity contribution in [1.82, 2.24) is 24.7 Å².